The molecule has 0 aliphatic carbocycles. The van der Waals surface area contributed by atoms with E-state index in [0.29, 0.717) is 5.16 Å². The van der Waals surface area contributed by atoms with Gasteiger partial charge in [-0.2, -0.15) is 4.68 Å². The van der Waals surface area contributed by atoms with Crippen molar-refractivity contribution in [3.05, 3.63) is 24.3 Å². The molecule has 0 spiro atoms. The summed E-state index contributed by atoms with van der Waals surface area (Å²) in [4.78, 5) is 17.0. The van der Waals surface area contributed by atoms with Crippen molar-refractivity contribution in [2.45, 2.75) is 24.3 Å². The van der Waals surface area contributed by atoms with E-state index in [1.165, 1.54) is 11.8 Å². The summed E-state index contributed by atoms with van der Waals surface area (Å²) in [6.45, 7) is 8.51. The minimum absolute atomic E-state index is 0.134. The summed E-state index contributed by atoms with van der Waals surface area (Å²) in [5.74, 6) is 0.904. The van der Waals surface area contributed by atoms with E-state index < -0.39 is 0 Å². The van der Waals surface area contributed by atoms with Crippen molar-refractivity contribution in [1.29, 1.82) is 0 Å². The lowest BCUT2D eigenvalue weighted by molar-refractivity contribution is -0.132. The van der Waals surface area contributed by atoms with Crippen LogP contribution in [0.25, 0.3) is 5.69 Å². The third-order valence-corrected chi connectivity index (χ3v) is 5.54. The van der Waals surface area contributed by atoms with Gasteiger partial charge in [0.1, 0.15) is 5.75 Å². The van der Waals surface area contributed by atoms with Gasteiger partial charge in [-0.15, -0.1) is 5.10 Å². The standard InChI is InChI=1S/C17H24N6O2S/c1-4-21-9-11-22(12-10-21)16(24)13(2)26-17-18-19-20-23(17)14-5-7-15(25-3)8-6-14/h5-8,13H,4,9-12H2,1-3H3/t13-/m0/s1. The smallest absolute Gasteiger partial charge is 0.235 e. The number of amides is 1. The van der Waals surface area contributed by atoms with Crippen molar-refractivity contribution < 1.29 is 9.53 Å². The highest BCUT2D eigenvalue weighted by Crippen LogP contribution is 2.25. The number of nitrogens with zero attached hydrogens (tertiary/aromatic N) is 6. The molecular formula is C17H24N6O2S. The number of tetrazole rings is 1. The molecule has 0 bridgehead atoms. The molecule has 0 unspecified atom stereocenters. The van der Waals surface area contributed by atoms with Gasteiger partial charge in [0.05, 0.1) is 18.0 Å². The van der Waals surface area contributed by atoms with Gasteiger partial charge in [0.15, 0.2) is 0 Å². The highest BCUT2D eigenvalue weighted by atomic mass is 32.2. The van der Waals surface area contributed by atoms with Gasteiger partial charge < -0.3 is 14.5 Å². The van der Waals surface area contributed by atoms with Crippen LogP contribution in [0.4, 0.5) is 0 Å². The summed E-state index contributed by atoms with van der Waals surface area (Å²) in [6, 6.07) is 7.48. The van der Waals surface area contributed by atoms with Crippen LogP contribution in [0.15, 0.2) is 29.4 Å². The number of rotatable bonds is 6. The maximum atomic E-state index is 12.7. The van der Waals surface area contributed by atoms with Crippen LogP contribution in [0.2, 0.25) is 0 Å². The largest absolute Gasteiger partial charge is 0.497 e. The Labute approximate surface area is 157 Å². The Kier molecular flexibility index (Phi) is 6.10. The molecule has 0 radical (unpaired) electrons. The molecule has 8 nitrogen and oxygen atoms in total. The molecule has 1 fully saturated rings. The molecule has 1 aromatic heterocycles. The summed E-state index contributed by atoms with van der Waals surface area (Å²) in [5, 5.41) is 12.3. The fourth-order valence-electron chi connectivity index (χ4n) is 2.89. The Bertz CT molecular complexity index is 727. The summed E-state index contributed by atoms with van der Waals surface area (Å²) in [5.41, 5.74) is 0.828. The monoisotopic (exact) mass is 376 g/mol. The van der Waals surface area contributed by atoms with Crippen LogP contribution in [0.1, 0.15) is 13.8 Å². The molecule has 2 aromatic rings. The molecule has 1 aliphatic heterocycles. The van der Waals surface area contributed by atoms with Gasteiger partial charge in [-0.25, -0.2) is 0 Å². The molecular weight excluding hydrogens is 352 g/mol. The van der Waals surface area contributed by atoms with Crippen molar-refractivity contribution in [2.75, 3.05) is 39.8 Å². The average Bonchev–Trinajstić information content (AvgIpc) is 3.15. The first kappa shape index (κ1) is 18.7. The predicted molar refractivity (Wildman–Crippen MR) is 99.7 cm³/mol. The lowest BCUT2D eigenvalue weighted by Gasteiger charge is -2.35. The lowest BCUT2D eigenvalue weighted by Crippen LogP contribution is -2.50. The number of ether oxygens (including phenoxy) is 1. The molecule has 26 heavy (non-hydrogen) atoms. The maximum absolute atomic E-state index is 12.7. The normalized spacial score (nSPS) is 16.5. The molecule has 140 valence electrons. The fraction of sp³-hybridized carbons (Fsp3) is 0.529. The molecule has 0 N–H and O–H groups in total. The Balaban J connectivity index is 1.65. The van der Waals surface area contributed by atoms with Gasteiger partial charge in [-0.05, 0) is 48.2 Å². The third kappa shape index (κ3) is 4.16. The number of hydrogen-bond donors (Lipinski definition) is 0. The van der Waals surface area contributed by atoms with E-state index in [2.05, 4.69) is 27.3 Å². The van der Waals surface area contributed by atoms with Gasteiger partial charge in [0, 0.05) is 26.2 Å². The molecule has 1 aliphatic rings. The summed E-state index contributed by atoms with van der Waals surface area (Å²) < 4.78 is 6.82. The van der Waals surface area contributed by atoms with Crippen LogP contribution in [0.3, 0.4) is 0 Å². The highest BCUT2D eigenvalue weighted by Gasteiger charge is 2.26. The van der Waals surface area contributed by atoms with E-state index in [1.807, 2.05) is 36.1 Å². The number of carbonyl (C=O) groups excluding carboxylic acids is 1. The molecule has 9 heteroatoms. The summed E-state index contributed by atoms with van der Waals surface area (Å²) >= 11 is 1.38. The van der Waals surface area contributed by atoms with E-state index in [0.717, 1.165) is 44.2 Å². The fourth-order valence-corrected chi connectivity index (χ4v) is 3.78. The zero-order valence-corrected chi connectivity index (χ0v) is 16.1. The van der Waals surface area contributed by atoms with Gasteiger partial charge in [0.2, 0.25) is 11.1 Å². The van der Waals surface area contributed by atoms with Crippen molar-refractivity contribution in [2.24, 2.45) is 0 Å². The molecule has 1 aromatic carbocycles. The number of methoxy groups -OCH3 is 1. The second kappa shape index (κ2) is 8.50. The first-order valence-electron chi connectivity index (χ1n) is 8.73. The van der Waals surface area contributed by atoms with Crippen LogP contribution in [0.5, 0.6) is 5.75 Å². The number of benzene rings is 1. The molecule has 3 rings (SSSR count). The van der Waals surface area contributed by atoms with Gasteiger partial charge in [-0.1, -0.05) is 18.7 Å². The van der Waals surface area contributed by atoms with E-state index in [1.54, 1.807) is 11.8 Å². The Morgan fingerprint density at radius 2 is 1.92 bits per heavy atom. The summed E-state index contributed by atoms with van der Waals surface area (Å²) in [6.07, 6.45) is 0. The number of thioether (sulfide) groups is 1. The SMILES string of the molecule is CCN1CCN(C(=O)[C@H](C)Sc2nnnn2-c2ccc(OC)cc2)CC1. The van der Waals surface area contributed by atoms with Crippen molar-refractivity contribution >= 4 is 17.7 Å². The number of hydrogen-bond acceptors (Lipinski definition) is 7. The average molecular weight is 376 g/mol. The minimum atomic E-state index is -0.244. The van der Waals surface area contributed by atoms with Crippen molar-refractivity contribution in [3.63, 3.8) is 0 Å². The maximum Gasteiger partial charge on any atom is 0.235 e. The number of piperazine rings is 1. The van der Waals surface area contributed by atoms with Gasteiger partial charge >= 0.3 is 0 Å². The van der Waals surface area contributed by atoms with E-state index in [4.69, 9.17) is 4.74 Å². The number of aromatic nitrogens is 4. The van der Waals surface area contributed by atoms with Crippen molar-refractivity contribution in [1.82, 2.24) is 30.0 Å². The van der Waals surface area contributed by atoms with Gasteiger partial charge in [0.25, 0.3) is 0 Å². The Morgan fingerprint density at radius 3 is 2.54 bits per heavy atom. The molecule has 1 amide bonds. The zero-order chi connectivity index (χ0) is 18.5. The number of likely N-dealkylation sites (N-methyl/N-ethyl adjacent to an activating group) is 1. The molecule has 2 heterocycles. The van der Waals surface area contributed by atoms with E-state index >= 15 is 0 Å². The molecule has 1 saturated heterocycles. The Morgan fingerprint density at radius 1 is 1.23 bits per heavy atom. The first-order chi connectivity index (χ1) is 12.6. The topological polar surface area (TPSA) is 76.4 Å². The molecule has 1 atom stereocenters. The third-order valence-electron chi connectivity index (χ3n) is 4.52. The summed E-state index contributed by atoms with van der Waals surface area (Å²) in [7, 11) is 1.63. The first-order valence-corrected chi connectivity index (χ1v) is 9.61. The predicted octanol–water partition coefficient (Wildman–Crippen LogP) is 1.32. The molecule has 0 saturated carbocycles. The Hall–Kier alpha value is -2.13. The van der Waals surface area contributed by atoms with Crippen LogP contribution in [-0.4, -0.2) is 81.0 Å². The minimum Gasteiger partial charge on any atom is -0.497 e. The van der Waals surface area contributed by atoms with Crippen LogP contribution in [0, 0.1) is 0 Å². The van der Waals surface area contributed by atoms with E-state index in [-0.39, 0.29) is 11.2 Å². The quantitative estimate of drug-likeness (QED) is 0.704. The second-order valence-electron chi connectivity index (χ2n) is 6.09. The van der Waals surface area contributed by atoms with Crippen LogP contribution in [-0.2, 0) is 4.79 Å². The second-order valence-corrected chi connectivity index (χ2v) is 7.40. The zero-order valence-electron chi connectivity index (χ0n) is 15.3. The lowest BCUT2D eigenvalue weighted by atomic mass is 10.3. The van der Waals surface area contributed by atoms with Crippen LogP contribution >= 0.6 is 11.8 Å². The highest BCUT2D eigenvalue weighted by molar-refractivity contribution is 8.00. The van der Waals surface area contributed by atoms with Crippen LogP contribution < -0.4 is 4.74 Å². The van der Waals surface area contributed by atoms with Crippen molar-refractivity contribution in [3.8, 4) is 11.4 Å². The van der Waals surface area contributed by atoms with Gasteiger partial charge in [-0.3, -0.25) is 4.79 Å². The number of carbonyl (C=O) groups is 1. The van der Waals surface area contributed by atoms with E-state index in [9.17, 15) is 4.79 Å².